The van der Waals surface area contributed by atoms with Gasteiger partial charge in [0.2, 0.25) is 0 Å². The van der Waals surface area contributed by atoms with Gasteiger partial charge in [-0.1, -0.05) is 11.2 Å². The van der Waals surface area contributed by atoms with E-state index in [1.807, 2.05) is 13.0 Å². The highest BCUT2D eigenvalue weighted by Gasteiger charge is 2.10. The summed E-state index contributed by atoms with van der Waals surface area (Å²) in [6, 6.07) is 3.64. The maximum absolute atomic E-state index is 12.1. The monoisotopic (exact) mass is 232 g/mol. The molecule has 0 fully saturated rings. The molecule has 0 unspecified atom stereocenters. The quantitative estimate of drug-likeness (QED) is 0.457. The van der Waals surface area contributed by atoms with E-state index in [-0.39, 0.29) is 11.1 Å². The Balaban J connectivity index is 2.93. The van der Waals surface area contributed by atoms with Gasteiger partial charge in [0.1, 0.15) is 17.0 Å². The van der Waals surface area contributed by atoms with Crippen molar-refractivity contribution >= 4 is 17.7 Å². The summed E-state index contributed by atoms with van der Waals surface area (Å²) >= 11 is 0. The number of aromatic nitrogens is 2. The van der Waals surface area contributed by atoms with E-state index < -0.39 is 0 Å². The van der Waals surface area contributed by atoms with Crippen LogP contribution in [0, 0.1) is 6.92 Å². The van der Waals surface area contributed by atoms with Gasteiger partial charge in [-0.15, -0.1) is 0 Å². The van der Waals surface area contributed by atoms with Crippen LogP contribution in [-0.4, -0.2) is 27.9 Å². The summed E-state index contributed by atoms with van der Waals surface area (Å²) in [6.45, 7) is 1.88. The van der Waals surface area contributed by atoms with Crippen LogP contribution in [0.15, 0.2) is 28.3 Å². The van der Waals surface area contributed by atoms with E-state index >= 15 is 0 Å². The van der Waals surface area contributed by atoms with E-state index in [1.165, 1.54) is 4.40 Å². The molecule has 0 aliphatic carbocycles. The van der Waals surface area contributed by atoms with Crippen molar-refractivity contribution < 1.29 is 5.21 Å². The summed E-state index contributed by atoms with van der Waals surface area (Å²) in [6.07, 6.45) is 2.71. The van der Waals surface area contributed by atoms with Crippen molar-refractivity contribution in [3.63, 3.8) is 0 Å². The van der Waals surface area contributed by atoms with Crippen LogP contribution in [0.3, 0.4) is 0 Å². The second kappa shape index (κ2) is 4.25. The normalized spacial score (nSPS) is 11.2. The van der Waals surface area contributed by atoms with Gasteiger partial charge in [-0.3, -0.25) is 9.20 Å². The molecular formula is C11H12N4O2. The molecule has 0 amide bonds. The molecule has 88 valence electrons. The first-order valence-corrected chi connectivity index (χ1v) is 5.06. The molecule has 0 radical (unpaired) electrons. The molecule has 0 saturated heterocycles. The molecule has 0 aliphatic rings. The largest absolute Gasteiger partial charge is 0.411 e. The fourth-order valence-corrected chi connectivity index (χ4v) is 1.68. The Kier molecular flexibility index (Phi) is 2.78. The first kappa shape index (κ1) is 11.1. The topological polar surface area (TPSA) is 79.0 Å². The van der Waals surface area contributed by atoms with Crippen LogP contribution in [0.2, 0.25) is 0 Å². The number of hydrogen-bond acceptors (Lipinski definition) is 5. The number of aryl methyl sites for hydroxylation is 1. The van der Waals surface area contributed by atoms with E-state index in [9.17, 15) is 4.79 Å². The van der Waals surface area contributed by atoms with Crippen molar-refractivity contribution in [1.82, 2.24) is 9.38 Å². The standard InChI is InChI=1S/C11H12N4O2/c1-7-4-3-5-15-10(7)14-9(12-2)8(6-13-17)11(15)16/h3-6,12,17H,1-2H3/b13-6-. The van der Waals surface area contributed by atoms with Crippen LogP contribution >= 0.6 is 0 Å². The second-order valence-corrected chi connectivity index (χ2v) is 3.56. The fourth-order valence-electron chi connectivity index (χ4n) is 1.68. The highest BCUT2D eigenvalue weighted by Crippen LogP contribution is 2.11. The van der Waals surface area contributed by atoms with Gasteiger partial charge < -0.3 is 10.5 Å². The number of fused-ring (bicyclic) bond motifs is 1. The van der Waals surface area contributed by atoms with Crippen molar-refractivity contribution in [3.05, 3.63) is 39.8 Å². The van der Waals surface area contributed by atoms with Gasteiger partial charge in [-0.2, -0.15) is 0 Å². The fraction of sp³-hybridized carbons (Fsp3) is 0.182. The lowest BCUT2D eigenvalue weighted by Gasteiger charge is -2.08. The molecule has 17 heavy (non-hydrogen) atoms. The average molecular weight is 232 g/mol. The van der Waals surface area contributed by atoms with Crippen molar-refractivity contribution in [2.75, 3.05) is 12.4 Å². The molecule has 0 bridgehead atoms. The van der Waals surface area contributed by atoms with E-state index in [0.29, 0.717) is 11.5 Å². The van der Waals surface area contributed by atoms with Gasteiger partial charge in [0.15, 0.2) is 0 Å². The third-order valence-corrected chi connectivity index (χ3v) is 2.51. The Labute approximate surface area is 97.2 Å². The van der Waals surface area contributed by atoms with Crippen molar-refractivity contribution in [2.45, 2.75) is 6.92 Å². The Morgan fingerprint density at radius 1 is 1.59 bits per heavy atom. The minimum absolute atomic E-state index is 0.220. The van der Waals surface area contributed by atoms with Crippen molar-refractivity contribution in [2.24, 2.45) is 5.16 Å². The molecule has 2 N–H and O–H groups in total. The number of oxime groups is 1. The molecule has 0 atom stereocenters. The number of anilines is 1. The molecule has 0 spiro atoms. The summed E-state index contributed by atoms with van der Waals surface area (Å²) in [7, 11) is 1.66. The summed E-state index contributed by atoms with van der Waals surface area (Å²) in [5, 5.41) is 14.3. The van der Waals surface area contributed by atoms with Crippen LogP contribution in [0.25, 0.3) is 5.65 Å². The van der Waals surface area contributed by atoms with Crippen LogP contribution in [-0.2, 0) is 0 Å². The van der Waals surface area contributed by atoms with E-state index in [1.54, 1.807) is 19.3 Å². The molecule has 0 aromatic carbocycles. The molecule has 0 aliphatic heterocycles. The highest BCUT2D eigenvalue weighted by atomic mass is 16.4. The zero-order valence-corrected chi connectivity index (χ0v) is 9.51. The van der Waals surface area contributed by atoms with E-state index in [2.05, 4.69) is 15.5 Å². The van der Waals surface area contributed by atoms with Crippen LogP contribution in [0.1, 0.15) is 11.1 Å². The molecule has 2 rings (SSSR count). The second-order valence-electron chi connectivity index (χ2n) is 3.56. The Morgan fingerprint density at radius 2 is 2.35 bits per heavy atom. The van der Waals surface area contributed by atoms with Gasteiger partial charge in [-0.05, 0) is 18.6 Å². The average Bonchev–Trinajstić information content (AvgIpc) is 2.33. The van der Waals surface area contributed by atoms with Gasteiger partial charge in [0.05, 0.1) is 6.21 Å². The maximum atomic E-state index is 12.1. The summed E-state index contributed by atoms with van der Waals surface area (Å²) < 4.78 is 1.42. The molecule has 6 heteroatoms. The zero-order chi connectivity index (χ0) is 12.4. The molecule has 2 aromatic heterocycles. The van der Waals surface area contributed by atoms with Gasteiger partial charge in [0.25, 0.3) is 5.56 Å². The molecule has 2 aromatic rings. The Bertz CT molecular complexity index is 646. The van der Waals surface area contributed by atoms with Crippen LogP contribution in [0.5, 0.6) is 0 Å². The van der Waals surface area contributed by atoms with Gasteiger partial charge in [-0.25, -0.2) is 4.98 Å². The SMILES string of the molecule is CNc1nc2c(C)cccn2c(=O)c1/C=N\O. The maximum Gasteiger partial charge on any atom is 0.268 e. The number of rotatable bonds is 2. The molecule has 0 saturated carbocycles. The zero-order valence-electron chi connectivity index (χ0n) is 9.51. The Hall–Kier alpha value is -2.37. The minimum Gasteiger partial charge on any atom is -0.411 e. The minimum atomic E-state index is -0.277. The lowest BCUT2D eigenvalue weighted by Crippen LogP contribution is -2.22. The summed E-state index contributed by atoms with van der Waals surface area (Å²) in [5.74, 6) is 0.391. The number of nitrogens with zero attached hydrogens (tertiary/aromatic N) is 3. The first-order valence-electron chi connectivity index (χ1n) is 5.06. The number of hydrogen-bond donors (Lipinski definition) is 2. The predicted octanol–water partition coefficient (Wildman–Crippen LogP) is 0.853. The molecule has 2 heterocycles. The highest BCUT2D eigenvalue weighted by molar-refractivity contribution is 5.86. The summed E-state index contributed by atoms with van der Waals surface area (Å²) in [5.41, 5.74) is 1.42. The Morgan fingerprint density at radius 3 is 3.00 bits per heavy atom. The first-order chi connectivity index (χ1) is 8.19. The van der Waals surface area contributed by atoms with Crippen molar-refractivity contribution in [3.8, 4) is 0 Å². The lowest BCUT2D eigenvalue weighted by atomic mass is 10.2. The van der Waals surface area contributed by atoms with Crippen LogP contribution in [0.4, 0.5) is 5.82 Å². The molecular weight excluding hydrogens is 220 g/mol. The van der Waals surface area contributed by atoms with Crippen molar-refractivity contribution in [1.29, 1.82) is 0 Å². The van der Waals surface area contributed by atoms with Gasteiger partial charge in [0, 0.05) is 13.2 Å². The number of pyridine rings is 1. The smallest absolute Gasteiger partial charge is 0.268 e. The lowest BCUT2D eigenvalue weighted by molar-refractivity contribution is 0.322. The third kappa shape index (κ3) is 1.73. The van der Waals surface area contributed by atoms with E-state index in [4.69, 9.17) is 5.21 Å². The molecule has 6 nitrogen and oxygen atoms in total. The van der Waals surface area contributed by atoms with Gasteiger partial charge >= 0.3 is 0 Å². The summed E-state index contributed by atoms with van der Waals surface area (Å²) in [4.78, 5) is 16.5. The van der Waals surface area contributed by atoms with Crippen LogP contribution < -0.4 is 10.9 Å². The number of nitrogens with one attached hydrogen (secondary N) is 1. The van der Waals surface area contributed by atoms with E-state index in [0.717, 1.165) is 11.8 Å². The third-order valence-electron chi connectivity index (χ3n) is 2.51. The predicted molar refractivity (Wildman–Crippen MR) is 65.1 cm³/mol.